The van der Waals surface area contributed by atoms with Crippen LogP contribution in [0.1, 0.15) is 20.8 Å². The van der Waals surface area contributed by atoms with Crippen LogP contribution in [0.4, 0.5) is 26.3 Å². The van der Waals surface area contributed by atoms with E-state index < -0.39 is 23.3 Å². The topological polar surface area (TPSA) is 0 Å². The number of rotatable bonds is 1. The van der Waals surface area contributed by atoms with Crippen LogP contribution in [0, 0.1) is 5.41 Å². The quantitative estimate of drug-likeness (QED) is 0.461. The zero-order valence-corrected chi connectivity index (χ0v) is 7.85. The molecule has 84 valence electrons. The van der Waals surface area contributed by atoms with Crippen molar-refractivity contribution in [2.75, 3.05) is 0 Å². The fourth-order valence-electron chi connectivity index (χ4n) is 0.705. The van der Waals surface area contributed by atoms with E-state index in [4.69, 9.17) is 0 Å². The van der Waals surface area contributed by atoms with E-state index in [9.17, 15) is 26.3 Å². The summed E-state index contributed by atoms with van der Waals surface area (Å²) in [7, 11) is 0. The zero-order chi connectivity index (χ0) is 11.8. The van der Waals surface area contributed by atoms with E-state index in [-0.39, 0.29) is 6.08 Å². The molecule has 0 nitrogen and oxygen atoms in total. The van der Waals surface area contributed by atoms with Gasteiger partial charge in [-0.15, -0.1) is 0 Å². The summed E-state index contributed by atoms with van der Waals surface area (Å²) in [6.07, 6.45) is -9.20. The van der Waals surface area contributed by atoms with Gasteiger partial charge in [0, 0.05) is 5.57 Å². The van der Waals surface area contributed by atoms with Crippen LogP contribution < -0.4 is 0 Å². The molecule has 0 aliphatic rings. The van der Waals surface area contributed by atoms with E-state index in [1.807, 2.05) is 0 Å². The molecule has 0 spiro atoms. The van der Waals surface area contributed by atoms with Crippen molar-refractivity contribution in [1.82, 2.24) is 0 Å². The van der Waals surface area contributed by atoms with Crippen LogP contribution in [0.25, 0.3) is 0 Å². The van der Waals surface area contributed by atoms with Crippen LogP contribution in [0.2, 0.25) is 0 Å². The molecule has 0 aliphatic carbocycles. The van der Waals surface area contributed by atoms with Gasteiger partial charge in [-0.1, -0.05) is 6.08 Å². The number of alkyl halides is 6. The third kappa shape index (κ3) is 3.23. The van der Waals surface area contributed by atoms with Crippen LogP contribution >= 0.6 is 0 Å². The van der Waals surface area contributed by atoms with Gasteiger partial charge in [-0.25, -0.2) is 0 Å². The van der Waals surface area contributed by atoms with E-state index >= 15 is 0 Å². The molecule has 0 radical (unpaired) electrons. The van der Waals surface area contributed by atoms with Crippen molar-refractivity contribution in [1.29, 1.82) is 0 Å². The maximum Gasteiger partial charge on any atom is 0.412 e. The van der Waals surface area contributed by atoms with Crippen molar-refractivity contribution in [2.24, 2.45) is 5.41 Å². The highest BCUT2D eigenvalue weighted by atomic mass is 19.4. The monoisotopic (exact) mass is 220 g/mol. The molecule has 0 saturated carbocycles. The van der Waals surface area contributed by atoms with Crippen molar-refractivity contribution >= 4 is 0 Å². The van der Waals surface area contributed by atoms with Gasteiger partial charge in [-0.05, 0) is 20.8 Å². The van der Waals surface area contributed by atoms with Crippen LogP contribution in [0.5, 0.6) is 0 Å². The van der Waals surface area contributed by atoms with Gasteiger partial charge in [-0.2, -0.15) is 26.3 Å². The highest BCUT2D eigenvalue weighted by Gasteiger charge is 2.47. The molecule has 0 amide bonds. The van der Waals surface area contributed by atoms with Crippen LogP contribution in [-0.4, -0.2) is 12.4 Å². The Kier molecular flexibility index (Phi) is 3.30. The van der Waals surface area contributed by atoms with E-state index in [0.717, 1.165) is 0 Å². The van der Waals surface area contributed by atoms with Gasteiger partial charge in [-0.3, -0.25) is 0 Å². The smallest absolute Gasteiger partial charge is 0.170 e. The summed E-state index contributed by atoms with van der Waals surface area (Å²) < 4.78 is 72.3. The maximum atomic E-state index is 12.2. The minimum Gasteiger partial charge on any atom is -0.170 e. The third-order valence-electron chi connectivity index (χ3n) is 1.76. The summed E-state index contributed by atoms with van der Waals surface area (Å²) in [5.74, 6) is 0. The Morgan fingerprint density at radius 2 is 1.29 bits per heavy atom. The maximum absolute atomic E-state index is 12.2. The summed E-state index contributed by atoms with van der Waals surface area (Å²) in [5, 5.41) is 0. The van der Waals surface area contributed by atoms with Gasteiger partial charge in [0.25, 0.3) is 0 Å². The van der Waals surface area contributed by atoms with Gasteiger partial charge in [0.1, 0.15) is 0 Å². The Morgan fingerprint density at radius 1 is 0.929 bits per heavy atom. The Bertz CT molecular complexity index is 229. The van der Waals surface area contributed by atoms with Crippen molar-refractivity contribution in [3.63, 3.8) is 0 Å². The second-order valence-electron chi connectivity index (χ2n) is 3.54. The fraction of sp³-hybridized carbons (Fsp3) is 0.750. The normalized spacial score (nSPS) is 15.9. The summed E-state index contributed by atoms with van der Waals surface area (Å²) in [4.78, 5) is 0. The Labute approximate surface area is 77.6 Å². The van der Waals surface area contributed by atoms with Gasteiger partial charge >= 0.3 is 12.4 Å². The predicted molar refractivity (Wildman–Crippen MR) is 39.6 cm³/mol. The summed E-state index contributed by atoms with van der Waals surface area (Å²) in [6, 6.07) is 0. The molecular weight excluding hydrogens is 210 g/mol. The molecule has 0 N–H and O–H groups in total. The molecule has 0 aromatic rings. The zero-order valence-electron chi connectivity index (χ0n) is 7.85. The fourth-order valence-corrected chi connectivity index (χ4v) is 0.705. The molecule has 0 bridgehead atoms. The standard InChI is InChI=1S/C8H10F6/c1-5(7(9,10)11)4-6(2,3)8(12,13)14/h4H,1-3H3/b5-4+. The van der Waals surface area contributed by atoms with Crippen molar-refractivity contribution in [3.8, 4) is 0 Å². The second-order valence-corrected chi connectivity index (χ2v) is 3.54. The Balaban J connectivity index is 5.00. The minimum atomic E-state index is -4.71. The Morgan fingerprint density at radius 3 is 1.50 bits per heavy atom. The molecule has 6 heteroatoms. The van der Waals surface area contributed by atoms with Gasteiger partial charge in [0.2, 0.25) is 0 Å². The number of allylic oxidation sites excluding steroid dienone is 2. The first-order chi connectivity index (χ1) is 5.88. The van der Waals surface area contributed by atoms with Gasteiger partial charge in [0.05, 0.1) is 5.41 Å². The van der Waals surface area contributed by atoms with Crippen molar-refractivity contribution < 1.29 is 26.3 Å². The molecule has 0 atom stereocenters. The molecule has 0 aliphatic heterocycles. The molecular formula is C8H10F6. The summed E-state index contributed by atoms with van der Waals surface area (Å²) in [5.41, 5.74) is -3.70. The molecule has 14 heavy (non-hydrogen) atoms. The lowest BCUT2D eigenvalue weighted by atomic mass is 9.90. The first-order valence-electron chi connectivity index (χ1n) is 3.71. The Hall–Kier alpha value is -0.680. The highest BCUT2D eigenvalue weighted by molar-refractivity contribution is 5.12. The van der Waals surface area contributed by atoms with E-state index in [2.05, 4.69) is 0 Å². The number of hydrogen-bond acceptors (Lipinski definition) is 0. The van der Waals surface area contributed by atoms with Crippen LogP contribution in [0.3, 0.4) is 0 Å². The highest BCUT2D eigenvalue weighted by Crippen LogP contribution is 2.41. The van der Waals surface area contributed by atoms with Crippen molar-refractivity contribution in [3.05, 3.63) is 11.6 Å². The SMILES string of the molecule is C/C(=C\C(C)(C)C(F)(F)F)C(F)(F)F. The van der Waals surface area contributed by atoms with Gasteiger partial charge in [0.15, 0.2) is 0 Å². The van der Waals surface area contributed by atoms with Crippen LogP contribution in [-0.2, 0) is 0 Å². The number of hydrogen-bond donors (Lipinski definition) is 0. The third-order valence-corrected chi connectivity index (χ3v) is 1.76. The summed E-state index contributed by atoms with van der Waals surface area (Å²) in [6.45, 7) is 2.01. The largest absolute Gasteiger partial charge is 0.412 e. The molecule has 0 unspecified atom stereocenters. The minimum absolute atomic E-state index is 0.188. The molecule has 0 fully saturated rings. The van der Waals surface area contributed by atoms with E-state index in [0.29, 0.717) is 20.8 Å². The van der Waals surface area contributed by atoms with Crippen molar-refractivity contribution in [2.45, 2.75) is 33.1 Å². The average Bonchev–Trinajstić information content (AvgIpc) is 1.80. The predicted octanol–water partition coefficient (Wildman–Crippen LogP) is 4.08. The lowest BCUT2D eigenvalue weighted by molar-refractivity contribution is -0.194. The molecule has 0 aromatic heterocycles. The first-order valence-corrected chi connectivity index (χ1v) is 3.71. The molecule has 0 rings (SSSR count). The first kappa shape index (κ1) is 13.3. The molecule has 0 heterocycles. The summed E-state index contributed by atoms with van der Waals surface area (Å²) >= 11 is 0. The number of halogens is 6. The lowest BCUT2D eigenvalue weighted by Gasteiger charge is -2.25. The van der Waals surface area contributed by atoms with E-state index in [1.165, 1.54) is 0 Å². The van der Waals surface area contributed by atoms with Crippen LogP contribution in [0.15, 0.2) is 11.6 Å². The molecule has 0 aromatic carbocycles. The molecule has 0 saturated heterocycles. The lowest BCUT2D eigenvalue weighted by Crippen LogP contribution is -2.31. The average molecular weight is 220 g/mol. The van der Waals surface area contributed by atoms with Gasteiger partial charge < -0.3 is 0 Å². The second kappa shape index (κ2) is 3.47. The van der Waals surface area contributed by atoms with E-state index in [1.54, 1.807) is 0 Å².